The quantitative estimate of drug-likeness (QED) is 0.819. The van der Waals surface area contributed by atoms with Crippen LogP contribution in [0, 0.1) is 26.7 Å². The number of aryl methyl sites for hydroxylation is 1. The van der Waals surface area contributed by atoms with Crippen molar-refractivity contribution in [1.29, 1.82) is 0 Å². The standard InChI is InChI=1S/C20H29N3O2S/c1-12-13(2)18(19(21)25)20(22-14(12)3)26-11-17(24)23-10-6-8-15-7-4-5-9-16(15)23/h15-16H,4-11H2,1-3H3,(H2,21,25)/t15-,16+/m1/s1. The number of fused-ring (bicyclic) bond motifs is 1. The van der Waals surface area contributed by atoms with E-state index in [1.807, 2.05) is 20.8 Å². The number of carbonyl (C=O) groups is 2. The molecule has 142 valence electrons. The minimum Gasteiger partial charge on any atom is -0.366 e. The van der Waals surface area contributed by atoms with Crippen LogP contribution in [0.15, 0.2) is 5.03 Å². The summed E-state index contributed by atoms with van der Waals surface area (Å²) in [6.45, 7) is 6.63. The molecule has 2 fully saturated rings. The van der Waals surface area contributed by atoms with Crippen LogP contribution < -0.4 is 5.73 Å². The molecule has 1 aromatic heterocycles. The highest BCUT2D eigenvalue weighted by atomic mass is 32.2. The van der Waals surface area contributed by atoms with Gasteiger partial charge < -0.3 is 10.6 Å². The van der Waals surface area contributed by atoms with E-state index in [0.717, 1.165) is 36.2 Å². The molecule has 2 amide bonds. The fourth-order valence-electron chi connectivity index (χ4n) is 4.45. The highest BCUT2D eigenvalue weighted by Gasteiger charge is 2.35. The molecule has 1 saturated heterocycles. The molecule has 6 heteroatoms. The van der Waals surface area contributed by atoms with Gasteiger partial charge >= 0.3 is 0 Å². The lowest BCUT2D eigenvalue weighted by atomic mass is 9.78. The predicted molar refractivity (Wildman–Crippen MR) is 104 cm³/mol. The number of piperidine rings is 1. The van der Waals surface area contributed by atoms with Crippen LogP contribution in [0.5, 0.6) is 0 Å². The largest absolute Gasteiger partial charge is 0.366 e. The molecule has 1 saturated carbocycles. The Kier molecular flexibility index (Phi) is 5.90. The molecule has 1 aromatic rings. The summed E-state index contributed by atoms with van der Waals surface area (Å²) < 4.78 is 0. The van der Waals surface area contributed by atoms with Crippen molar-refractivity contribution in [2.24, 2.45) is 11.7 Å². The summed E-state index contributed by atoms with van der Waals surface area (Å²) in [6, 6.07) is 0.413. The highest BCUT2D eigenvalue weighted by molar-refractivity contribution is 8.00. The van der Waals surface area contributed by atoms with Crippen LogP contribution in [0.2, 0.25) is 0 Å². The lowest BCUT2D eigenvalue weighted by molar-refractivity contribution is -0.134. The Morgan fingerprint density at radius 1 is 1.12 bits per heavy atom. The van der Waals surface area contributed by atoms with Gasteiger partial charge in [0.05, 0.1) is 11.3 Å². The summed E-state index contributed by atoms with van der Waals surface area (Å²) in [4.78, 5) is 31.5. The number of nitrogens with zero attached hydrogens (tertiary/aromatic N) is 2. The Balaban J connectivity index is 1.74. The first-order valence-electron chi connectivity index (χ1n) is 9.60. The molecule has 3 rings (SSSR count). The summed E-state index contributed by atoms with van der Waals surface area (Å²) in [5, 5.41) is 0.587. The van der Waals surface area contributed by atoms with Crippen molar-refractivity contribution in [3.63, 3.8) is 0 Å². The molecule has 0 aromatic carbocycles. The van der Waals surface area contributed by atoms with Crippen LogP contribution in [0.3, 0.4) is 0 Å². The summed E-state index contributed by atoms with van der Waals surface area (Å²) in [6.07, 6.45) is 7.27. The van der Waals surface area contributed by atoms with E-state index in [1.165, 1.54) is 37.4 Å². The zero-order chi connectivity index (χ0) is 18.8. The Morgan fingerprint density at radius 3 is 2.54 bits per heavy atom. The summed E-state index contributed by atoms with van der Waals surface area (Å²) in [5.41, 5.74) is 8.77. The van der Waals surface area contributed by atoms with Crippen LogP contribution in [-0.4, -0.2) is 40.0 Å². The minimum atomic E-state index is -0.474. The van der Waals surface area contributed by atoms with E-state index in [2.05, 4.69) is 9.88 Å². The number of likely N-dealkylation sites (tertiary alicyclic amines) is 1. The third kappa shape index (κ3) is 3.75. The second-order valence-corrected chi connectivity index (χ2v) is 8.59. The molecule has 26 heavy (non-hydrogen) atoms. The van der Waals surface area contributed by atoms with E-state index < -0.39 is 5.91 Å². The van der Waals surface area contributed by atoms with E-state index in [0.29, 0.717) is 28.3 Å². The average molecular weight is 376 g/mol. The van der Waals surface area contributed by atoms with Gasteiger partial charge in [-0.15, -0.1) is 0 Å². The zero-order valence-corrected chi connectivity index (χ0v) is 16.8. The van der Waals surface area contributed by atoms with E-state index in [4.69, 9.17) is 5.73 Å². The van der Waals surface area contributed by atoms with Crippen LogP contribution in [0.1, 0.15) is 65.7 Å². The maximum absolute atomic E-state index is 12.9. The van der Waals surface area contributed by atoms with Gasteiger partial charge in [0, 0.05) is 18.3 Å². The first-order valence-corrected chi connectivity index (χ1v) is 10.6. The number of thioether (sulfide) groups is 1. The molecule has 0 unspecified atom stereocenters. The van der Waals surface area contributed by atoms with Gasteiger partial charge in [-0.3, -0.25) is 9.59 Å². The maximum Gasteiger partial charge on any atom is 0.251 e. The van der Waals surface area contributed by atoms with Gasteiger partial charge in [-0.1, -0.05) is 24.6 Å². The van der Waals surface area contributed by atoms with Crippen molar-refractivity contribution in [3.05, 3.63) is 22.4 Å². The number of aromatic nitrogens is 1. The molecular formula is C20H29N3O2S. The molecule has 1 aliphatic heterocycles. The molecule has 2 heterocycles. The molecule has 0 bridgehead atoms. The van der Waals surface area contributed by atoms with Crippen LogP contribution in [0.4, 0.5) is 0 Å². The van der Waals surface area contributed by atoms with E-state index in [9.17, 15) is 9.59 Å². The first-order chi connectivity index (χ1) is 12.4. The first kappa shape index (κ1) is 19.2. The molecule has 0 radical (unpaired) electrons. The zero-order valence-electron chi connectivity index (χ0n) is 16.0. The number of hydrogen-bond acceptors (Lipinski definition) is 4. The predicted octanol–water partition coefficient (Wildman–Crippen LogP) is 3.38. The molecular weight excluding hydrogens is 346 g/mol. The topological polar surface area (TPSA) is 76.3 Å². The monoisotopic (exact) mass is 375 g/mol. The lowest BCUT2D eigenvalue weighted by Crippen LogP contribution is -2.50. The van der Waals surface area contributed by atoms with Gasteiger partial charge in [-0.05, 0) is 63.5 Å². The fourth-order valence-corrected chi connectivity index (χ4v) is 5.48. The second-order valence-electron chi connectivity index (χ2n) is 7.62. The molecule has 2 N–H and O–H groups in total. The lowest BCUT2D eigenvalue weighted by Gasteiger charge is -2.44. The number of hydrogen-bond donors (Lipinski definition) is 1. The van der Waals surface area contributed by atoms with Gasteiger partial charge in [-0.25, -0.2) is 4.98 Å². The average Bonchev–Trinajstić information content (AvgIpc) is 2.63. The fraction of sp³-hybridized carbons (Fsp3) is 0.650. The molecule has 0 spiro atoms. The van der Waals surface area contributed by atoms with Crippen molar-refractivity contribution < 1.29 is 9.59 Å². The molecule has 5 nitrogen and oxygen atoms in total. The van der Waals surface area contributed by atoms with Gasteiger partial charge in [-0.2, -0.15) is 0 Å². The normalized spacial score (nSPS) is 22.8. The van der Waals surface area contributed by atoms with Crippen LogP contribution in [-0.2, 0) is 4.79 Å². The third-order valence-corrected chi connectivity index (χ3v) is 7.07. The van der Waals surface area contributed by atoms with E-state index in [-0.39, 0.29) is 5.91 Å². The highest BCUT2D eigenvalue weighted by Crippen LogP contribution is 2.36. The van der Waals surface area contributed by atoms with Gasteiger partial charge in [0.15, 0.2) is 0 Å². The van der Waals surface area contributed by atoms with E-state index >= 15 is 0 Å². The van der Waals surface area contributed by atoms with Gasteiger partial charge in [0.1, 0.15) is 5.03 Å². The van der Waals surface area contributed by atoms with Gasteiger partial charge in [0.25, 0.3) is 5.91 Å². The minimum absolute atomic E-state index is 0.166. The second kappa shape index (κ2) is 7.99. The van der Waals surface area contributed by atoms with E-state index in [1.54, 1.807) is 0 Å². The Morgan fingerprint density at radius 2 is 1.81 bits per heavy atom. The number of primary amides is 1. The van der Waals surface area contributed by atoms with Crippen molar-refractivity contribution >= 4 is 23.6 Å². The molecule has 2 atom stereocenters. The Labute approximate surface area is 160 Å². The van der Waals surface area contributed by atoms with Crippen LogP contribution >= 0.6 is 11.8 Å². The molecule has 2 aliphatic rings. The summed E-state index contributed by atoms with van der Waals surface area (Å²) in [5.74, 6) is 0.686. The van der Waals surface area contributed by atoms with Crippen molar-refractivity contribution in [2.75, 3.05) is 12.3 Å². The third-order valence-electron chi connectivity index (χ3n) is 6.11. The van der Waals surface area contributed by atoms with Crippen molar-refractivity contribution in [3.8, 4) is 0 Å². The summed E-state index contributed by atoms with van der Waals surface area (Å²) in [7, 11) is 0. The SMILES string of the molecule is Cc1nc(SCC(=O)N2CCC[C@H]3CCCC[C@@H]32)c(C(N)=O)c(C)c1C. The van der Waals surface area contributed by atoms with Crippen molar-refractivity contribution in [1.82, 2.24) is 9.88 Å². The Hall–Kier alpha value is -1.56. The number of rotatable bonds is 4. The molecule has 1 aliphatic carbocycles. The maximum atomic E-state index is 12.9. The van der Waals surface area contributed by atoms with Gasteiger partial charge in [0.2, 0.25) is 5.91 Å². The number of amides is 2. The van der Waals surface area contributed by atoms with Crippen molar-refractivity contribution in [2.45, 2.75) is 70.4 Å². The number of nitrogens with two attached hydrogens (primary N) is 1. The summed E-state index contributed by atoms with van der Waals surface area (Å²) >= 11 is 1.35. The number of carbonyl (C=O) groups excluding carboxylic acids is 2. The smallest absolute Gasteiger partial charge is 0.251 e. The number of pyridine rings is 1. The Bertz CT molecular complexity index is 717. The van der Waals surface area contributed by atoms with Crippen LogP contribution in [0.25, 0.3) is 0 Å².